The molecule has 0 aromatic heterocycles. The molecule has 0 saturated carbocycles. The van der Waals surface area contributed by atoms with E-state index in [1.807, 2.05) is 4.90 Å². The third kappa shape index (κ3) is 3.21. The monoisotopic (exact) mass is 323 g/mol. The van der Waals surface area contributed by atoms with Gasteiger partial charge in [0.15, 0.2) is 0 Å². The summed E-state index contributed by atoms with van der Waals surface area (Å²) in [6, 6.07) is 4.52. The second-order valence-corrected chi connectivity index (χ2v) is 6.36. The first-order valence-electron chi connectivity index (χ1n) is 7.89. The number of hydrogen-bond acceptors (Lipinski definition) is 4. The molecule has 2 saturated heterocycles. The summed E-state index contributed by atoms with van der Waals surface area (Å²) in [5.41, 5.74) is 0.623. The van der Waals surface area contributed by atoms with Gasteiger partial charge in [0.05, 0.1) is 0 Å². The molecular weight excluding hydrogens is 302 g/mol. The van der Waals surface area contributed by atoms with Crippen LogP contribution < -0.4 is 5.32 Å². The zero-order valence-electron chi connectivity index (χ0n) is 12.6. The molecule has 6 heteroatoms. The number of carbonyl (C=O) groups excluding carboxylic acids is 1. The molecule has 0 spiro atoms. The Kier molecular flexibility index (Phi) is 4.86. The van der Waals surface area contributed by atoms with Crippen molar-refractivity contribution in [3.8, 4) is 5.75 Å². The van der Waals surface area contributed by atoms with Crippen LogP contribution in [0, 0.1) is 0 Å². The van der Waals surface area contributed by atoms with Gasteiger partial charge in [-0.2, -0.15) is 0 Å². The largest absolute Gasteiger partial charge is 0.508 e. The van der Waals surface area contributed by atoms with Crippen LogP contribution in [0.2, 0.25) is 5.02 Å². The van der Waals surface area contributed by atoms with Crippen molar-refractivity contribution in [2.45, 2.75) is 18.9 Å². The topological polar surface area (TPSA) is 55.8 Å². The molecular formula is C16H22ClN3O2. The van der Waals surface area contributed by atoms with Crippen LogP contribution in [0.5, 0.6) is 5.75 Å². The summed E-state index contributed by atoms with van der Waals surface area (Å²) in [6.45, 7) is 4.83. The summed E-state index contributed by atoms with van der Waals surface area (Å²) < 4.78 is 0. The Balaban J connectivity index is 1.92. The predicted molar refractivity (Wildman–Crippen MR) is 86.1 cm³/mol. The van der Waals surface area contributed by atoms with Crippen LogP contribution in [0.25, 0.3) is 0 Å². The second-order valence-electron chi connectivity index (χ2n) is 5.92. The van der Waals surface area contributed by atoms with E-state index in [0.717, 1.165) is 39.0 Å². The van der Waals surface area contributed by atoms with Crippen LogP contribution >= 0.6 is 11.6 Å². The highest BCUT2D eigenvalue weighted by molar-refractivity contribution is 6.30. The van der Waals surface area contributed by atoms with Crippen LogP contribution in [0.15, 0.2) is 18.2 Å². The molecule has 0 aliphatic carbocycles. The summed E-state index contributed by atoms with van der Waals surface area (Å²) in [5.74, 6) is 0.214. The molecule has 1 aromatic carbocycles. The first kappa shape index (κ1) is 15.6. The van der Waals surface area contributed by atoms with E-state index in [9.17, 15) is 9.90 Å². The fourth-order valence-corrected chi connectivity index (χ4v) is 3.47. The Morgan fingerprint density at radius 3 is 2.55 bits per heavy atom. The first-order valence-corrected chi connectivity index (χ1v) is 8.26. The highest BCUT2D eigenvalue weighted by Gasteiger charge is 2.35. The molecule has 1 aromatic rings. The highest BCUT2D eigenvalue weighted by Crippen LogP contribution is 2.34. The lowest BCUT2D eigenvalue weighted by Crippen LogP contribution is -2.50. The van der Waals surface area contributed by atoms with Gasteiger partial charge in [0, 0.05) is 36.8 Å². The molecule has 2 heterocycles. The number of phenols is 1. The van der Waals surface area contributed by atoms with E-state index in [4.69, 9.17) is 11.6 Å². The Hall–Kier alpha value is -1.30. The molecule has 3 rings (SSSR count). The van der Waals surface area contributed by atoms with Crippen molar-refractivity contribution >= 4 is 17.5 Å². The van der Waals surface area contributed by atoms with Gasteiger partial charge in [0.2, 0.25) is 5.91 Å². The van der Waals surface area contributed by atoms with E-state index >= 15 is 0 Å². The van der Waals surface area contributed by atoms with Gasteiger partial charge in [-0.1, -0.05) is 11.6 Å². The maximum absolute atomic E-state index is 13.1. The van der Waals surface area contributed by atoms with Gasteiger partial charge in [-0.15, -0.1) is 0 Å². The molecule has 1 amide bonds. The average Bonchev–Trinajstić information content (AvgIpc) is 3.06. The Morgan fingerprint density at radius 2 is 1.86 bits per heavy atom. The van der Waals surface area contributed by atoms with Crippen molar-refractivity contribution in [1.82, 2.24) is 15.1 Å². The number of phenolic OH excluding ortho intramolecular Hbond substituents is 1. The Bertz CT molecular complexity index is 540. The molecule has 0 bridgehead atoms. The van der Waals surface area contributed by atoms with Crippen molar-refractivity contribution in [1.29, 1.82) is 0 Å². The number of aromatic hydroxyl groups is 1. The SMILES string of the molecule is O=C(C(c1cc(Cl)ccc1O)N1CCCC1)N1CCNCC1. The van der Waals surface area contributed by atoms with E-state index in [1.54, 1.807) is 18.2 Å². The lowest BCUT2D eigenvalue weighted by molar-refractivity contribution is -0.137. The number of benzene rings is 1. The predicted octanol–water partition coefficient (Wildman–Crippen LogP) is 1.61. The smallest absolute Gasteiger partial charge is 0.244 e. The van der Waals surface area contributed by atoms with Crippen LogP contribution in [-0.4, -0.2) is 60.1 Å². The molecule has 5 nitrogen and oxygen atoms in total. The number of hydrogen-bond donors (Lipinski definition) is 2. The minimum Gasteiger partial charge on any atom is -0.508 e. The normalized spacial score (nSPS) is 21.0. The van der Waals surface area contributed by atoms with Gasteiger partial charge in [-0.3, -0.25) is 9.69 Å². The van der Waals surface area contributed by atoms with Crippen LogP contribution in [0.4, 0.5) is 0 Å². The van der Waals surface area contributed by atoms with Crippen molar-refractivity contribution in [2.24, 2.45) is 0 Å². The number of amides is 1. The fourth-order valence-electron chi connectivity index (χ4n) is 3.29. The van der Waals surface area contributed by atoms with E-state index < -0.39 is 6.04 Å². The maximum Gasteiger partial charge on any atom is 0.244 e. The third-order valence-electron chi connectivity index (χ3n) is 4.45. The molecule has 0 radical (unpaired) electrons. The van der Waals surface area contributed by atoms with Crippen molar-refractivity contribution in [2.75, 3.05) is 39.3 Å². The minimum atomic E-state index is -0.431. The van der Waals surface area contributed by atoms with E-state index in [2.05, 4.69) is 10.2 Å². The van der Waals surface area contributed by atoms with Crippen LogP contribution in [-0.2, 0) is 4.79 Å². The number of piperazine rings is 1. The van der Waals surface area contributed by atoms with E-state index in [1.165, 1.54) is 0 Å². The summed E-state index contributed by atoms with van der Waals surface area (Å²) in [7, 11) is 0. The van der Waals surface area contributed by atoms with Crippen molar-refractivity contribution in [3.05, 3.63) is 28.8 Å². The zero-order valence-corrected chi connectivity index (χ0v) is 13.4. The zero-order chi connectivity index (χ0) is 15.5. The molecule has 2 aliphatic heterocycles. The van der Waals surface area contributed by atoms with Gasteiger partial charge in [-0.05, 0) is 44.1 Å². The number of carbonyl (C=O) groups is 1. The quantitative estimate of drug-likeness (QED) is 0.887. The molecule has 120 valence electrons. The van der Waals surface area contributed by atoms with Gasteiger partial charge >= 0.3 is 0 Å². The number of halogens is 1. The van der Waals surface area contributed by atoms with E-state index in [0.29, 0.717) is 23.7 Å². The van der Waals surface area contributed by atoms with Gasteiger partial charge < -0.3 is 15.3 Å². The maximum atomic E-state index is 13.1. The molecule has 1 atom stereocenters. The third-order valence-corrected chi connectivity index (χ3v) is 4.69. The molecule has 1 unspecified atom stereocenters. The van der Waals surface area contributed by atoms with Crippen LogP contribution in [0.1, 0.15) is 24.4 Å². The summed E-state index contributed by atoms with van der Waals surface area (Å²) >= 11 is 6.09. The van der Waals surface area contributed by atoms with Gasteiger partial charge in [-0.25, -0.2) is 0 Å². The van der Waals surface area contributed by atoms with E-state index in [-0.39, 0.29) is 11.7 Å². The second kappa shape index (κ2) is 6.86. The van der Waals surface area contributed by atoms with Crippen molar-refractivity contribution < 1.29 is 9.90 Å². The summed E-state index contributed by atoms with van der Waals surface area (Å²) in [4.78, 5) is 17.1. The number of nitrogens with one attached hydrogen (secondary N) is 1. The number of likely N-dealkylation sites (tertiary alicyclic amines) is 1. The fraction of sp³-hybridized carbons (Fsp3) is 0.562. The Morgan fingerprint density at radius 1 is 1.18 bits per heavy atom. The summed E-state index contributed by atoms with van der Waals surface area (Å²) in [5, 5.41) is 14.1. The van der Waals surface area contributed by atoms with Crippen molar-refractivity contribution in [3.63, 3.8) is 0 Å². The first-order chi connectivity index (χ1) is 10.7. The Labute approximate surface area is 135 Å². The number of rotatable bonds is 3. The lowest BCUT2D eigenvalue weighted by Gasteiger charge is -2.35. The van der Waals surface area contributed by atoms with Crippen LogP contribution in [0.3, 0.4) is 0 Å². The molecule has 2 aliphatic rings. The lowest BCUT2D eigenvalue weighted by atomic mass is 10.0. The van der Waals surface area contributed by atoms with Gasteiger partial charge in [0.1, 0.15) is 11.8 Å². The number of nitrogens with zero attached hydrogens (tertiary/aromatic N) is 2. The highest BCUT2D eigenvalue weighted by atomic mass is 35.5. The van der Waals surface area contributed by atoms with Gasteiger partial charge in [0.25, 0.3) is 0 Å². The average molecular weight is 324 g/mol. The molecule has 22 heavy (non-hydrogen) atoms. The minimum absolute atomic E-state index is 0.0703. The molecule has 2 fully saturated rings. The molecule has 2 N–H and O–H groups in total. The standard InChI is InChI=1S/C16H22ClN3O2/c17-12-3-4-14(21)13(11-12)15(19-7-1-2-8-19)16(22)20-9-5-18-6-10-20/h3-4,11,15,18,21H,1-2,5-10H2. The summed E-state index contributed by atoms with van der Waals surface area (Å²) in [6.07, 6.45) is 2.18.